The van der Waals surface area contributed by atoms with Gasteiger partial charge in [-0.05, 0) is 25.5 Å². The van der Waals surface area contributed by atoms with Crippen LogP contribution in [-0.4, -0.2) is 69.2 Å². The molecule has 0 bridgehead atoms. The maximum absolute atomic E-state index is 10.4. The highest BCUT2D eigenvalue weighted by atomic mass is 32.2. The minimum Gasteiger partial charge on any atom is -0.748 e. The number of benzene rings is 1. The molecule has 0 amide bonds. The summed E-state index contributed by atoms with van der Waals surface area (Å²) in [5.41, 5.74) is 1.15. The smallest absolute Gasteiger partial charge is 0.101 e. The molecule has 23 heavy (non-hydrogen) atoms. The third-order valence-corrected chi connectivity index (χ3v) is 3.88. The average molecular weight is 346 g/mol. The van der Waals surface area contributed by atoms with E-state index >= 15 is 0 Å². The van der Waals surface area contributed by atoms with Crippen LogP contribution in [0.15, 0.2) is 30.3 Å². The molecule has 0 fully saturated rings. The van der Waals surface area contributed by atoms with Crippen molar-refractivity contribution in [3.05, 3.63) is 35.9 Å². The van der Waals surface area contributed by atoms with Crippen LogP contribution in [0.4, 0.5) is 0 Å². The van der Waals surface area contributed by atoms with E-state index in [1.54, 1.807) is 0 Å². The van der Waals surface area contributed by atoms with E-state index in [2.05, 4.69) is 26.5 Å². The molecule has 1 aromatic carbocycles. The molecule has 6 nitrogen and oxygen atoms in total. The highest BCUT2D eigenvalue weighted by molar-refractivity contribution is 7.85. The zero-order valence-electron chi connectivity index (χ0n) is 14.5. The summed E-state index contributed by atoms with van der Waals surface area (Å²) in [5, 5.41) is 11.6. The lowest BCUT2D eigenvalue weighted by atomic mass is 10.1. The predicted molar refractivity (Wildman–Crippen MR) is 92.0 cm³/mol. The number of likely N-dealkylation sites (N-methyl/N-ethyl adjacent to an activating group) is 1. The fourth-order valence-corrected chi connectivity index (χ4v) is 2.22. The second kappa shape index (κ2) is 10.7. The molecule has 0 heterocycles. The van der Waals surface area contributed by atoms with Gasteiger partial charge in [-0.1, -0.05) is 30.3 Å². The van der Waals surface area contributed by atoms with Crippen molar-refractivity contribution in [3.63, 3.8) is 0 Å². The van der Waals surface area contributed by atoms with Crippen LogP contribution in [0.2, 0.25) is 0 Å². The molecule has 0 aliphatic heterocycles. The predicted octanol–water partition coefficient (Wildman–Crippen LogP) is 0.957. The van der Waals surface area contributed by atoms with Gasteiger partial charge in [0.1, 0.15) is 6.54 Å². The number of hydrogen-bond acceptors (Lipinski definition) is 5. The van der Waals surface area contributed by atoms with E-state index in [4.69, 9.17) is 5.11 Å². The maximum Gasteiger partial charge on any atom is 0.101 e. The third-order valence-electron chi connectivity index (χ3n) is 3.09. The lowest BCUT2D eigenvalue weighted by Crippen LogP contribution is -2.36. The molecular formula is C16H30N2O4S. The van der Waals surface area contributed by atoms with Gasteiger partial charge in [-0.15, -0.1) is 0 Å². The first-order valence-corrected chi connectivity index (χ1v) is 9.26. The number of hydrogen-bond donors (Lipinski definition) is 2. The molecule has 0 aliphatic carbocycles. The number of aliphatic hydroxyl groups excluding tert-OH is 1. The molecular weight excluding hydrogens is 316 g/mol. The Balaban J connectivity index is 0.000000585. The minimum atomic E-state index is -4.08. The zero-order valence-corrected chi connectivity index (χ0v) is 15.3. The number of quaternary nitrogens is 1. The van der Waals surface area contributed by atoms with E-state index in [0.717, 1.165) is 16.6 Å². The SMILES string of the molecule is C[C@H](NCCCS(=O)(=O)[O-])c1ccccc1.C[N+](C)(C)CCO. The van der Waals surface area contributed by atoms with Crippen molar-refractivity contribution in [1.82, 2.24) is 5.32 Å². The van der Waals surface area contributed by atoms with Gasteiger partial charge < -0.3 is 19.5 Å². The van der Waals surface area contributed by atoms with E-state index in [9.17, 15) is 13.0 Å². The Bertz CT molecular complexity index is 513. The summed E-state index contributed by atoms with van der Waals surface area (Å²) >= 11 is 0. The van der Waals surface area contributed by atoms with Gasteiger partial charge in [0, 0.05) is 11.8 Å². The van der Waals surface area contributed by atoms with Gasteiger partial charge in [-0.2, -0.15) is 0 Å². The van der Waals surface area contributed by atoms with Gasteiger partial charge in [-0.3, -0.25) is 0 Å². The normalized spacial score (nSPS) is 13.1. The van der Waals surface area contributed by atoms with E-state index in [1.165, 1.54) is 0 Å². The topological polar surface area (TPSA) is 89.5 Å². The molecule has 2 N–H and O–H groups in total. The molecule has 0 unspecified atom stereocenters. The first-order valence-electron chi connectivity index (χ1n) is 7.68. The second-order valence-electron chi connectivity index (χ2n) is 6.44. The third kappa shape index (κ3) is 14.3. The average Bonchev–Trinajstić information content (AvgIpc) is 2.43. The molecule has 134 valence electrons. The van der Waals surface area contributed by atoms with Crippen molar-refractivity contribution in [2.75, 3.05) is 46.6 Å². The summed E-state index contributed by atoms with van der Waals surface area (Å²) in [6.45, 7) is 3.64. The second-order valence-corrected chi connectivity index (χ2v) is 7.96. The standard InChI is InChI=1S/C11H17NO3S.C5H14NO/c1-10(11-6-3-2-4-7-11)12-8-5-9-16(13,14)15;1-6(2,3)4-5-7/h2-4,6-7,10,12H,5,8-9H2,1H3,(H,13,14,15);7H,4-5H2,1-3H3/q;+1/p-1/t10-;/m0./s1. The number of rotatable bonds is 8. The van der Waals surface area contributed by atoms with Gasteiger partial charge in [0.05, 0.1) is 37.9 Å². The quantitative estimate of drug-likeness (QED) is 0.416. The fraction of sp³-hybridized carbons (Fsp3) is 0.625. The van der Waals surface area contributed by atoms with E-state index in [1.807, 2.05) is 37.3 Å². The van der Waals surface area contributed by atoms with Crippen LogP contribution in [0.25, 0.3) is 0 Å². The summed E-state index contributed by atoms with van der Waals surface area (Å²) in [4.78, 5) is 0. The Hall–Kier alpha value is -0.990. The summed E-state index contributed by atoms with van der Waals surface area (Å²) in [7, 11) is 2.08. The van der Waals surface area contributed by atoms with Crippen LogP contribution in [0, 0.1) is 0 Å². The van der Waals surface area contributed by atoms with Gasteiger partial charge in [0.15, 0.2) is 0 Å². The molecule has 0 saturated heterocycles. The number of nitrogens with zero attached hydrogens (tertiary/aromatic N) is 1. The van der Waals surface area contributed by atoms with Crippen LogP contribution < -0.4 is 5.32 Å². The van der Waals surface area contributed by atoms with Crippen molar-refractivity contribution in [2.24, 2.45) is 0 Å². The Morgan fingerprint density at radius 1 is 1.22 bits per heavy atom. The summed E-state index contributed by atoms with van der Waals surface area (Å²) in [6, 6.07) is 10.0. The Kier molecular flexibility index (Phi) is 10.3. The van der Waals surface area contributed by atoms with E-state index < -0.39 is 10.1 Å². The van der Waals surface area contributed by atoms with Gasteiger partial charge in [-0.25, -0.2) is 8.42 Å². The van der Waals surface area contributed by atoms with Crippen molar-refractivity contribution in [1.29, 1.82) is 0 Å². The molecule has 1 aromatic rings. The van der Waals surface area contributed by atoms with Crippen molar-refractivity contribution >= 4 is 10.1 Å². The fourth-order valence-electron chi connectivity index (χ4n) is 1.73. The van der Waals surface area contributed by atoms with Gasteiger partial charge >= 0.3 is 0 Å². The maximum atomic E-state index is 10.4. The molecule has 0 radical (unpaired) electrons. The monoisotopic (exact) mass is 346 g/mol. The Labute approximate surface area is 140 Å². The van der Waals surface area contributed by atoms with Crippen LogP contribution in [0.3, 0.4) is 0 Å². The molecule has 1 atom stereocenters. The first kappa shape index (κ1) is 22.0. The number of aliphatic hydroxyl groups is 1. The van der Waals surface area contributed by atoms with Crippen molar-refractivity contribution in [2.45, 2.75) is 19.4 Å². The van der Waals surface area contributed by atoms with Crippen LogP contribution in [-0.2, 0) is 10.1 Å². The highest BCUT2D eigenvalue weighted by Crippen LogP contribution is 2.10. The van der Waals surface area contributed by atoms with Gasteiger partial charge in [0.25, 0.3) is 0 Å². The lowest BCUT2D eigenvalue weighted by Gasteiger charge is -2.21. The molecule has 0 spiro atoms. The zero-order chi connectivity index (χ0) is 17.9. The molecule has 7 heteroatoms. The van der Waals surface area contributed by atoms with E-state index in [0.29, 0.717) is 13.0 Å². The first-order chi connectivity index (χ1) is 10.5. The highest BCUT2D eigenvalue weighted by Gasteiger charge is 2.03. The minimum absolute atomic E-state index is 0.163. The van der Waals surface area contributed by atoms with Crippen molar-refractivity contribution in [3.8, 4) is 0 Å². The van der Waals surface area contributed by atoms with Crippen LogP contribution in [0.1, 0.15) is 24.9 Å². The van der Waals surface area contributed by atoms with E-state index in [-0.39, 0.29) is 18.4 Å². The Morgan fingerprint density at radius 3 is 2.17 bits per heavy atom. The van der Waals surface area contributed by atoms with Gasteiger partial charge in [0.2, 0.25) is 0 Å². The summed E-state index contributed by atoms with van der Waals surface area (Å²) in [6.07, 6.45) is 0.350. The number of nitrogens with one attached hydrogen (secondary N) is 1. The molecule has 0 saturated carbocycles. The molecule has 0 aromatic heterocycles. The lowest BCUT2D eigenvalue weighted by molar-refractivity contribution is -0.870. The van der Waals surface area contributed by atoms with Crippen molar-refractivity contribution < 1.29 is 22.6 Å². The molecule has 1 rings (SSSR count). The summed E-state index contributed by atoms with van der Waals surface area (Å²) < 4.78 is 31.9. The molecule has 0 aliphatic rings. The van der Waals surface area contributed by atoms with Crippen LogP contribution in [0.5, 0.6) is 0 Å². The summed E-state index contributed by atoms with van der Waals surface area (Å²) in [5.74, 6) is -0.304. The largest absolute Gasteiger partial charge is 0.748 e. The Morgan fingerprint density at radius 2 is 1.78 bits per heavy atom. The van der Waals surface area contributed by atoms with Crippen LogP contribution >= 0.6 is 0 Å².